The molecule has 1 spiro atoms. The number of carbonyl (C=O) groups excluding carboxylic acids is 4. The zero-order chi connectivity index (χ0) is 18.7. The van der Waals surface area contributed by atoms with Crippen LogP contribution in [0.3, 0.4) is 0 Å². The summed E-state index contributed by atoms with van der Waals surface area (Å²) >= 11 is 0. The molecule has 2 N–H and O–H groups in total. The minimum Gasteiger partial charge on any atom is -0.326 e. The van der Waals surface area contributed by atoms with Gasteiger partial charge in [0.25, 0.3) is 0 Å². The molecule has 1 heterocycles. The minimum absolute atomic E-state index is 0.204. The predicted octanol–water partition coefficient (Wildman–Crippen LogP) is 2.29. The highest BCUT2D eigenvalue weighted by Crippen LogP contribution is 2.45. The zero-order valence-electron chi connectivity index (χ0n) is 14.8. The Morgan fingerprint density at radius 2 is 1.73 bits per heavy atom. The highest BCUT2D eigenvalue weighted by molar-refractivity contribution is 6.09. The van der Waals surface area contributed by atoms with Crippen molar-refractivity contribution in [1.29, 1.82) is 0 Å². The Balaban J connectivity index is 1.64. The van der Waals surface area contributed by atoms with Gasteiger partial charge in [-0.1, -0.05) is 25.3 Å². The van der Waals surface area contributed by atoms with Gasteiger partial charge in [-0.15, -0.1) is 0 Å². The van der Waals surface area contributed by atoms with Crippen LogP contribution in [0.25, 0.3) is 0 Å². The van der Waals surface area contributed by atoms with Gasteiger partial charge in [-0.05, 0) is 31.0 Å². The molecule has 2 fully saturated rings. The molecule has 1 aliphatic heterocycles. The van der Waals surface area contributed by atoms with Crippen molar-refractivity contribution in [3.8, 4) is 0 Å². The van der Waals surface area contributed by atoms with Crippen molar-refractivity contribution >= 4 is 35.0 Å². The minimum atomic E-state index is -0.582. The van der Waals surface area contributed by atoms with E-state index in [2.05, 4.69) is 10.6 Å². The second-order valence-corrected chi connectivity index (χ2v) is 7.11. The lowest BCUT2D eigenvalue weighted by atomic mass is 9.73. The Hall–Kier alpha value is -2.70. The molecule has 1 saturated heterocycles. The van der Waals surface area contributed by atoms with Crippen LogP contribution in [0.15, 0.2) is 24.3 Å². The number of hydrogen-bond donors (Lipinski definition) is 2. The van der Waals surface area contributed by atoms with E-state index < -0.39 is 11.3 Å². The Kier molecular flexibility index (Phi) is 5.06. The van der Waals surface area contributed by atoms with Crippen LogP contribution < -0.4 is 10.6 Å². The first-order valence-electron chi connectivity index (χ1n) is 8.92. The average Bonchev–Trinajstić information content (AvgIpc) is 2.79. The molecule has 7 nitrogen and oxygen atoms in total. The van der Waals surface area contributed by atoms with E-state index in [4.69, 9.17) is 0 Å². The van der Waals surface area contributed by atoms with Crippen LogP contribution in [0.5, 0.6) is 0 Å². The largest absolute Gasteiger partial charge is 0.326 e. The number of nitrogens with one attached hydrogen (secondary N) is 2. The predicted molar refractivity (Wildman–Crippen MR) is 96.2 cm³/mol. The molecule has 7 heteroatoms. The first-order chi connectivity index (χ1) is 12.4. The lowest BCUT2D eigenvalue weighted by molar-refractivity contribution is -0.144. The van der Waals surface area contributed by atoms with Gasteiger partial charge in [-0.3, -0.25) is 24.1 Å². The topological polar surface area (TPSA) is 95.6 Å². The molecule has 138 valence electrons. The normalized spacial score (nSPS) is 18.9. The van der Waals surface area contributed by atoms with Crippen molar-refractivity contribution in [2.24, 2.45) is 5.41 Å². The monoisotopic (exact) mass is 357 g/mol. The van der Waals surface area contributed by atoms with Crippen LogP contribution in [0.4, 0.5) is 11.4 Å². The molecule has 4 amide bonds. The van der Waals surface area contributed by atoms with Gasteiger partial charge < -0.3 is 10.6 Å². The van der Waals surface area contributed by atoms with Gasteiger partial charge in [0.05, 0.1) is 5.41 Å². The number of hydrogen-bond acceptors (Lipinski definition) is 4. The Bertz CT molecular complexity index is 753. The summed E-state index contributed by atoms with van der Waals surface area (Å²) in [5.74, 6) is -1.11. The highest BCUT2D eigenvalue weighted by Gasteiger charge is 2.51. The number of amides is 4. The van der Waals surface area contributed by atoms with Gasteiger partial charge in [0.15, 0.2) is 0 Å². The Morgan fingerprint density at radius 1 is 1.08 bits per heavy atom. The molecule has 0 unspecified atom stereocenters. The first kappa shape index (κ1) is 18.1. The molecular weight excluding hydrogens is 334 g/mol. The zero-order valence-corrected chi connectivity index (χ0v) is 14.8. The van der Waals surface area contributed by atoms with Crippen molar-refractivity contribution < 1.29 is 19.2 Å². The molecule has 1 aromatic carbocycles. The van der Waals surface area contributed by atoms with Crippen LogP contribution >= 0.6 is 0 Å². The van der Waals surface area contributed by atoms with Gasteiger partial charge in [0.2, 0.25) is 23.6 Å². The summed E-state index contributed by atoms with van der Waals surface area (Å²) in [6.45, 7) is 1.13. The quantitative estimate of drug-likeness (QED) is 0.808. The molecule has 26 heavy (non-hydrogen) atoms. The number of likely N-dealkylation sites (tertiary alicyclic amines) is 1. The van der Waals surface area contributed by atoms with E-state index in [9.17, 15) is 19.2 Å². The van der Waals surface area contributed by atoms with E-state index in [0.29, 0.717) is 11.4 Å². The van der Waals surface area contributed by atoms with Gasteiger partial charge in [0, 0.05) is 24.7 Å². The highest BCUT2D eigenvalue weighted by atomic mass is 16.2. The van der Waals surface area contributed by atoms with Crippen molar-refractivity contribution in [3.05, 3.63) is 24.3 Å². The van der Waals surface area contributed by atoms with Crippen molar-refractivity contribution in [3.63, 3.8) is 0 Å². The van der Waals surface area contributed by atoms with E-state index in [0.717, 1.165) is 37.0 Å². The third-order valence-corrected chi connectivity index (χ3v) is 5.07. The standard InChI is InChI=1S/C19H23N3O4/c1-13(23)20-14-6-5-7-15(10-14)21-16(24)12-22-17(25)11-19(18(22)26)8-3-2-4-9-19/h5-7,10H,2-4,8-9,11-12H2,1H3,(H,20,23)(H,21,24). The maximum Gasteiger partial charge on any atom is 0.244 e. The SMILES string of the molecule is CC(=O)Nc1cccc(NC(=O)CN2C(=O)CC3(CCCCC3)C2=O)c1. The summed E-state index contributed by atoms with van der Waals surface area (Å²) in [5.41, 5.74) is 0.471. The summed E-state index contributed by atoms with van der Waals surface area (Å²) in [5, 5.41) is 5.31. The van der Waals surface area contributed by atoms with E-state index in [1.165, 1.54) is 6.92 Å². The fourth-order valence-electron chi connectivity index (χ4n) is 3.86. The number of carbonyl (C=O) groups is 4. The molecule has 1 saturated carbocycles. The summed E-state index contributed by atoms with van der Waals surface area (Å²) in [4.78, 5) is 49.6. The number of imide groups is 1. The molecule has 0 radical (unpaired) electrons. The van der Waals surface area contributed by atoms with E-state index in [1.54, 1.807) is 24.3 Å². The number of benzene rings is 1. The molecule has 2 aliphatic rings. The molecule has 1 aromatic rings. The molecule has 0 atom stereocenters. The summed E-state index contributed by atoms with van der Waals surface area (Å²) < 4.78 is 0. The Labute approximate surface area is 152 Å². The van der Waals surface area contributed by atoms with E-state index in [-0.39, 0.29) is 30.7 Å². The van der Waals surface area contributed by atoms with Gasteiger partial charge in [-0.25, -0.2) is 0 Å². The lowest BCUT2D eigenvalue weighted by Crippen LogP contribution is -2.41. The fraction of sp³-hybridized carbons (Fsp3) is 0.474. The van der Waals surface area contributed by atoms with E-state index >= 15 is 0 Å². The third kappa shape index (κ3) is 3.76. The maximum atomic E-state index is 12.7. The third-order valence-electron chi connectivity index (χ3n) is 5.07. The number of rotatable bonds is 4. The summed E-state index contributed by atoms with van der Waals surface area (Å²) in [7, 11) is 0. The lowest BCUT2D eigenvalue weighted by Gasteiger charge is -2.30. The van der Waals surface area contributed by atoms with Gasteiger partial charge in [-0.2, -0.15) is 0 Å². The summed E-state index contributed by atoms with van der Waals surface area (Å²) in [6, 6.07) is 6.70. The van der Waals surface area contributed by atoms with Crippen LogP contribution in [0.2, 0.25) is 0 Å². The molecule has 1 aliphatic carbocycles. The number of anilines is 2. The van der Waals surface area contributed by atoms with Crippen LogP contribution in [0.1, 0.15) is 45.4 Å². The van der Waals surface area contributed by atoms with Gasteiger partial charge >= 0.3 is 0 Å². The maximum absolute atomic E-state index is 12.7. The number of nitrogens with zero attached hydrogens (tertiary/aromatic N) is 1. The second kappa shape index (κ2) is 7.27. The molecule has 0 aromatic heterocycles. The van der Waals surface area contributed by atoms with Gasteiger partial charge in [0.1, 0.15) is 6.54 Å². The van der Waals surface area contributed by atoms with Crippen molar-refractivity contribution in [2.75, 3.05) is 17.2 Å². The average molecular weight is 357 g/mol. The fourth-order valence-corrected chi connectivity index (χ4v) is 3.86. The van der Waals surface area contributed by atoms with Crippen molar-refractivity contribution in [2.45, 2.75) is 45.4 Å². The van der Waals surface area contributed by atoms with Crippen LogP contribution in [-0.2, 0) is 19.2 Å². The van der Waals surface area contributed by atoms with Crippen LogP contribution in [-0.4, -0.2) is 35.1 Å². The second-order valence-electron chi connectivity index (χ2n) is 7.11. The van der Waals surface area contributed by atoms with Crippen molar-refractivity contribution in [1.82, 2.24) is 4.90 Å². The molecule has 3 rings (SSSR count). The summed E-state index contributed by atoms with van der Waals surface area (Å²) in [6.07, 6.45) is 4.68. The first-order valence-corrected chi connectivity index (χ1v) is 8.92. The Morgan fingerprint density at radius 3 is 2.38 bits per heavy atom. The van der Waals surface area contributed by atoms with Crippen LogP contribution in [0, 0.1) is 5.41 Å². The van der Waals surface area contributed by atoms with E-state index in [1.807, 2.05) is 0 Å². The molecule has 0 bridgehead atoms. The smallest absolute Gasteiger partial charge is 0.244 e. The molecular formula is C19H23N3O4.